The Hall–Kier alpha value is -0.350. The van der Waals surface area contributed by atoms with Gasteiger partial charge >= 0.3 is 0 Å². The van der Waals surface area contributed by atoms with E-state index in [-0.39, 0.29) is 0 Å². The fourth-order valence-electron chi connectivity index (χ4n) is 2.75. The number of hydrogen-bond donors (Lipinski definition) is 0. The molecule has 0 bridgehead atoms. The molecule has 0 nitrogen and oxygen atoms in total. The Morgan fingerprint density at radius 1 is 0.789 bits per heavy atom. The van der Waals surface area contributed by atoms with E-state index in [1.165, 1.54) is 67.8 Å². The maximum Gasteiger partial charge on any atom is -0.0213 e. The lowest BCUT2D eigenvalue weighted by molar-refractivity contribution is 0.603. The number of unbranched alkanes of at least 4 members (excludes halogenated alkanes) is 6. The molecular weight excluding hydrogens is 247 g/mol. The van der Waals surface area contributed by atoms with Crippen molar-refractivity contribution in [2.24, 2.45) is 0 Å². The largest absolute Gasteiger partial charge is 0.0898 e. The van der Waals surface area contributed by atoms with Gasteiger partial charge in [-0.25, -0.2) is 0 Å². The zero-order valence-corrected chi connectivity index (χ0v) is 14.3. The van der Waals surface area contributed by atoms with Gasteiger partial charge in [0.15, 0.2) is 0 Å². The molecule has 0 aliphatic rings. The first kappa shape index (κ1) is 16.7. The van der Waals surface area contributed by atoms with Crippen LogP contribution in [0.1, 0.15) is 68.6 Å². The molecule has 0 aliphatic heterocycles. The first-order valence-corrected chi connectivity index (χ1v) is 9.17. The van der Waals surface area contributed by atoms with Crippen LogP contribution in [-0.2, 0) is 0 Å². The molecular formula is C18H31P. The van der Waals surface area contributed by atoms with Gasteiger partial charge in [0.25, 0.3) is 0 Å². The van der Waals surface area contributed by atoms with Crippen molar-refractivity contribution in [3.63, 3.8) is 0 Å². The molecule has 0 saturated heterocycles. The Morgan fingerprint density at radius 2 is 1.32 bits per heavy atom. The van der Waals surface area contributed by atoms with E-state index < -0.39 is 0 Å². The number of rotatable bonds is 9. The van der Waals surface area contributed by atoms with Gasteiger partial charge in [0.05, 0.1) is 0 Å². The molecule has 1 rings (SSSR count). The number of aryl methyl sites for hydroxylation is 3. The first-order valence-electron chi connectivity index (χ1n) is 7.97. The number of hydrogen-bond acceptors (Lipinski definition) is 0. The summed E-state index contributed by atoms with van der Waals surface area (Å²) in [6, 6.07) is 4.67. The van der Waals surface area contributed by atoms with E-state index in [9.17, 15) is 0 Å². The van der Waals surface area contributed by atoms with E-state index in [0.29, 0.717) is 0 Å². The van der Waals surface area contributed by atoms with Crippen molar-refractivity contribution >= 4 is 13.9 Å². The van der Waals surface area contributed by atoms with Crippen LogP contribution in [0, 0.1) is 20.8 Å². The monoisotopic (exact) mass is 278 g/mol. The van der Waals surface area contributed by atoms with Crippen molar-refractivity contribution in [1.29, 1.82) is 0 Å². The van der Waals surface area contributed by atoms with Crippen LogP contribution in [0.5, 0.6) is 0 Å². The summed E-state index contributed by atoms with van der Waals surface area (Å²) >= 11 is 0. The molecule has 0 saturated carbocycles. The van der Waals surface area contributed by atoms with Crippen molar-refractivity contribution < 1.29 is 0 Å². The molecule has 1 aromatic rings. The summed E-state index contributed by atoms with van der Waals surface area (Å²) in [5.74, 6) is 0. The van der Waals surface area contributed by atoms with E-state index in [2.05, 4.69) is 39.8 Å². The molecule has 1 atom stereocenters. The summed E-state index contributed by atoms with van der Waals surface area (Å²) in [4.78, 5) is 0. The van der Waals surface area contributed by atoms with Gasteiger partial charge in [-0.15, -0.1) is 0 Å². The Kier molecular flexibility index (Phi) is 8.38. The smallest absolute Gasteiger partial charge is 0.0213 e. The Bertz CT molecular complexity index is 345. The second-order valence-electron chi connectivity index (χ2n) is 5.82. The van der Waals surface area contributed by atoms with Gasteiger partial charge in [0, 0.05) is 0 Å². The molecule has 0 amide bonds. The third-order valence-electron chi connectivity index (χ3n) is 3.76. The molecule has 0 aliphatic carbocycles. The summed E-state index contributed by atoms with van der Waals surface area (Å²) in [6.07, 6.45) is 11.3. The fourth-order valence-corrected chi connectivity index (χ4v) is 4.13. The minimum absolute atomic E-state index is 1.01. The van der Waals surface area contributed by atoms with Crippen LogP contribution in [0.2, 0.25) is 0 Å². The van der Waals surface area contributed by atoms with Crippen molar-refractivity contribution in [2.45, 2.75) is 72.6 Å². The topological polar surface area (TPSA) is 0 Å². The molecule has 1 heteroatoms. The Morgan fingerprint density at radius 3 is 1.89 bits per heavy atom. The Balaban J connectivity index is 2.19. The number of benzene rings is 1. The predicted molar refractivity (Wildman–Crippen MR) is 91.5 cm³/mol. The summed E-state index contributed by atoms with van der Waals surface area (Å²) in [5.41, 5.74) is 4.40. The van der Waals surface area contributed by atoms with Crippen molar-refractivity contribution in [2.75, 3.05) is 6.16 Å². The Labute approximate surface area is 122 Å². The molecule has 0 N–H and O–H groups in total. The average Bonchev–Trinajstić information content (AvgIpc) is 2.35. The fraction of sp³-hybridized carbons (Fsp3) is 0.667. The van der Waals surface area contributed by atoms with Gasteiger partial charge in [-0.3, -0.25) is 0 Å². The van der Waals surface area contributed by atoms with E-state index in [1.807, 2.05) is 0 Å². The zero-order chi connectivity index (χ0) is 14.1. The predicted octanol–water partition coefficient (Wildman–Crippen LogP) is 5.67. The highest BCUT2D eigenvalue weighted by Crippen LogP contribution is 2.20. The lowest BCUT2D eigenvalue weighted by Crippen LogP contribution is -2.06. The van der Waals surface area contributed by atoms with Crippen LogP contribution in [0.4, 0.5) is 0 Å². The molecule has 0 aromatic heterocycles. The first-order chi connectivity index (χ1) is 9.15. The zero-order valence-electron chi connectivity index (χ0n) is 13.3. The summed E-state index contributed by atoms with van der Waals surface area (Å²) in [5, 5.41) is 1.62. The standard InChI is InChI=1S/C18H31P/c1-5-6-7-8-9-10-11-12-19-18-16(3)13-15(2)14-17(18)4/h13-14,19H,5-12H2,1-4H3. The quantitative estimate of drug-likeness (QED) is 0.403. The van der Waals surface area contributed by atoms with Gasteiger partial charge in [0.1, 0.15) is 0 Å². The highest BCUT2D eigenvalue weighted by atomic mass is 31.1. The molecule has 108 valence electrons. The lowest BCUT2D eigenvalue weighted by Gasteiger charge is -2.11. The molecule has 0 fully saturated rings. The second-order valence-corrected chi connectivity index (χ2v) is 7.18. The van der Waals surface area contributed by atoms with Crippen molar-refractivity contribution in [3.05, 3.63) is 28.8 Å². The molecule has 0 radical (unpaired) electrons. The molecule has 1 aromatic carbocycles. The minimum Gasteiger partial charge on any atom is -0.0898 e. The second kappa shape index (κ2) is 9.54. The van der Waals surface area contributed by atoms with E-state index in [4.69, 9.17) is 0 Å². The van der Waals surface area contributed by atoms with E-state index in [1.54, 1.807) is 5.30 Å². The maximum absolute atomic E-state index is 2.33. The SMILES string of the molecule is CCCCCCCCCPc1c(C)cc(C)cc1C. The van der Waals surface area contributed by atoms with Crippen LogP contribution in [-0.4, -0.2) is 6.16 Å². The van der Waals surface area contributed by atoms with Crippen LogP contribution < -0.4 is 5.30 Å². The average molecular weight is 278 g/mol. The van der Waals surface area contributed by atoms with E-state index in [0.717, 1.165) is 8.58 Å². The highest BCUT2D eigenvalue weighted by molar-refractivity contribution is 7.47. The molecule has 19 heavy (non-hydrogen) atoms. The maximum atomic E-state index is 2.33. The van der Waals surface area contributed by atoms with Gasteiger partial charge in [0.2, 0.25) is 0 Å². The molecule has 0 spiro atoms. The van der Waals surface area contributed by atoms with Crippen LogP contribution in [0.15, 0.2) is 12.1 Å². The van der Waals surface area contributed by atoms with Crippen molar-refractivity contribution in [1.82, 2.24) is 0 Å². The third kappa shape index (κ3) is 6.57. The summed E-state index contributed by atoms with van der Waals surface area (Å²) in [6.45, 7) is 9.02. The lowest BCUT2D eigenvalue weighted by atomic mass is 10.1. The highest BCUT2D eigenvalue weighted by Gasteiger charge is 2.03. The van der Waals surface area contributed by atoms with Gasteiger partial charge in [-0.05, 0) is 49.8 Å². The van der Waals surface area contributed by atoms with Crippen LogP contribution in [0.3, 0.4) is 0 Å². The van der Waals surface area contributed by atoms with Crippen molar-refractivity contribution in [3.8, 4) is 0 Å². The minimum atomic E-state index is 1.01. The van der Waals surface area contributed by atoms with Gasteiger partial charge < -0.3 is 0 Å². The summed E-state index contributed by atoms with van der Waals surface area (Å²) < 4.78 is 0. The van der Waals surface area contributed by atoms with Gasteiger partial charge in [-0.2, -0.15) is 0 Å². The van der Waals surface area contributed by atoms with Crippen LogP contribution >= 0.6 is 8.58 Å². The molecule has 1 unspecified atom stereocenters. The van der Waals surface area contributed by atoms with E-state index >= 15 is 0 Å². The molecule has 0 heterocycles. The summed E-state index contributed by atoms with van der Waals surface area (Å²) in [7, 11) is 1.01. The third-order valence-corrected chi connectivity index (χ3v) is 5.50. The van der Waals surface area contributed by atoms with Crippen LogP contribution in [0.25, 0.3) is 0 Å². The normalized spacial score (nSPS) is 11.6. The van der Waals surface area contributed by atoms with Gasteiger partial charge in [-0.1, -0.05) is 71.7 Å².